The molecular formula is C16H15NOS. The van der Waals surface area contributed by atoms with E-state index in [0.717, 1.165) is 36.3 Å². The molecule has 0 spiro atoms. The van der Waals surface area contributed by atoms with Crippen molar-refractivity contribution in [1.29, 1.82) is 0 Å². The van der Waals surface area contributed by atoms with Gasteiger partial charge in [0.05, 0.1) is 16.5 Å². The van der Waals surface area contributed by atoms with Crippen molar-refractivity contribution in [3.8, 4) is 0 Å². The number of nitrogens with zero attached hydrogens (tertiary/aromatic N) is 1. The first-order valence-electron chi connectivity index (χ1n) is 6.92. The van der Waals surface area contributed by atoms with Crippen molar-refractivity contribution < 1.29 is 4.79 Å². The molecule has 4 rings (SSSR count). The Morgan fingerprint density at radius 2 is 2.21 bits per heavy atom. The number of Topliss-reactive ketones (excluding diaryl/α,β-unsaturated/α-hetero) is 1. The SMILES string of the molecule is O=C(c1cc2c(s1)CCC2)C1CCc2cccnc21. The highest BCUT2D eigenvalue weighted by atomic mass is 32.1. The largest absolute Gasteiger partial charge is 0.293 e. The Kier molecular flexibility index (Phi) is 2.55. The molecule has 2 aromatic rings. The number of fused-ring (bicyclic) bond motifs is 2. The maximum absolute atomic E-state index is 12.7. The van der Waals surface area contributed by atoms with Crippen LogP contribution in [0.25, 0.3) is 0 Å². The molecule has 0 radical (unpaired) electrons. The monoisotopic (exact) mass is 269 g/mol. The quantitative estimate of drug-likeness (QED) is 0.780. The number of hydrogen-bond acceptors (Lipinski definition) is 3. The van der Waals surface area contributed by atoms with Crippen molar-refractivity contribution in [2.24, 2.45) is 0 Å². The number of carbonyl (C=O) groups is 1. The molecule has 2 nitrogen and oxygen atoms in total. The van der Waals surface area contributed by atoms with Crippen LogP contribution >= 0.6 is 11.3 Å². The summed E-state index contributed by atoms with van der Waals surface area (Å²) in [7, 11) is 0. The molecule has 0 amide bonds. The Hall–Kier alpha value is -1.48. The lowest BCUT2D eigenvalue weighted by Crippen LogP contribution is -2.09. The van der Waals surface area contributed by atoms with E-state index in [2.05, 4.69) is 17.1 Å². The van der Waals surface area contributed by atoms with Crippen LogP contribution in [-0.2, 0) is 19.3 Å². The Morgan fingerprint density at radius 3 is 3.11 bits per heavy atom. The summed E-state index contributed by atoms with van der Waals surface area (Å²) in [6, 6.07) is 6.20. The van der Waals surface area contributed by atoms with Crippen LogP contribution in [0.2, 0.25) is 0 Å². The summed E-state index contributed by atoms with van der Waals surface area (Å²) >= 11 is 1.71. The molecular weight excluding hydrogens is 254 g/mol. The second kappa shape index (κ2) is 4.27. The number of carbonyl (C=O) groups excluding carboxylic acids is 1. The maximum Gasteiger partial charge on any atom is 0.181 e. The average molecular weight is 269 g/mol. The predicted molar refractivity (Wildman–Crippen MR) is 76.0 cm³/mol. The highest BCUT2D eigenvalue weighted by molar-refractivity contribution is 7.14. The molecule has 2 heterocycles. The van der Waals surface area contributed by atoms with Gasteiger partial charge in [0.1, 0.15) is 0 Å². The summed E-state index contributed by atoms with van der Waals surface area (Å²) in [5.74, 6) is 0.284. The smallest absolute Gasteiger partial charge is 0.181 e. The normalized spacial score (nSPS) is 20.3. The molecule has 0 aromatic carbocycles. The molecule has 1 unspecified atom stereocenters. The Bertz CT molecular complexity index is 637. The fourth-order valence-corrected chi connectivity index (χ4v) is 4.54. The number of aryl methyl sites for hydroxylation is 3. The summed E-state index contributed by atoms with van der Waals surface area (Å²) < 4.78 is 0. The molecule has 1 atom stereocenters. The number of hydrogen-bond donors (Lipinski definition) is 0. The van der Waals surface area contributed by atoms with E-state index < -0.39 is 0 Å². The van der Waals surface area contributed by atoms with Crippen LogP contribution in [0.15, 0.2) is 24.4 Å². The molecule has 0 N–H and O–H groups in total. The minimum absolute atomic E-state index is 0.00465. The fraction of sp³-hybridized carbons (Fsp3) is 0.375. The van der Waals surface area contributed by atoms with Crippen molar-refractivity contribution in [3.05, 3.63) is 51.0 Å². The van der Waals surface area contributed by atoms with Gasteiger partial charge >= 0.3 is 0 Å². The van der Waals surface area contributed by atoms with Crippen LogP contribution in [-0.4, -0.2) is 10.8 Å². The minimum atomic E-state index is -0.00465. The molecule has 0 saturated carbocycles. The third-order valence-electron chi connectivity index (χ3n) is 4.26. The standard InChI is InChI=1S/C16H15NOS/c18-16(14-9-11-3-1-5-13(11)19-14)12-7-6-10-4-2-8-17-15(10)12/h2,4,8-9,12H,1,3,5-7H2. The highest BCUT2D eigenvalue weighted by Crippen LogP contribution is 2.37. The Morgan fingerprint density at radius 1 is 1.26 bits per heavy atom. The molecule has 0 fully saturated rings. The number of thiophene rings is 1. The highest BCUT2D eigenvalue weighted by Gasteiger charge is 2.32. The van der Waals surface area contributed by atoms with Gasteiger partial charge in [0, 0.05) is 11.1 Å². The summed E-state index contributed by atoms with van der Waals surface area (Å²) in [5.41, 5.74) is 3.68. The molecule has 2 aliphatic carbocycles. The van der Waals surface area contributed by atoms with Crippen LogP contribution in [0, 0.1) is 0 Å². The first kappa shape index (κ1) is 11.4. The van der Waals surface area contributed by atoms with E-state index in [9.17, 15) is 4.79 Å². The van der Waals surface area contributed by atoms with Crippen molar-refractivity contribution in [3.63, 3.8) is 0 Å². The van der Waals surface area contributed by atoms with E-state index in [0.29, 0.717) is 0 Å². The van der Waals surface area contributed by atoms with E-state index in [4.69, 9.17) is 0 Å². The summed E-state index contributed by atoms with van der Waals surface area (Å²) in [5, 5.41) is 0. The topological polar surface area (TPSA) is 30.0 Å². The van der Waals surface area contributed by atoms with E-state index >= 15 is 0 Å². The fourth-order valence-electron chi connectivity index (χ4n) is 3.29. The zero-order valence-corrected chi connectivity index (χ0v) is 11.5. The van der Waals surface area contributed by atoms with Crippen molar-refractivity contribution in [2.45, 2.75) is 38.0 Å². The van der Waals surface area contributed by atoms with Crippen molar-refractivity contribution in [1.82, 2.24) is 4.98 Å². The third kappa shape index (κ3) is 1.76. The molecule has 3 heteroatoms. The molecule has 0 aliphatic heterocycles. The van der Waals surface area contributed by atoms with E-state index in [-0.39, 0.29) is 11.7 Å². The van der Waals surface area contributed by atoms with E-state index in [1.807, 2.05) is 6.07 Å². The Balaban J connectivity index is 1.68. The number of ketones is 1. The van der Waals surface area contributed by atoms with Crippen LogP contribution < -0.4 is 0 Å². The lowest BCUT2D eigenvalue weighted by molar-refractivity contribution is 0.0962. The van der Waals surface area contributed by atoms with Gasteiger partial charge in [-0.3, -0.25) is 9.78 Å². The van der Waals surface area contributed by atoms with Gasteiger partial charge in [-0.05, 0) is 55.4 Å². The summed E-state index contributed by atoms with van der Waals surface area (Å²) in [6.07, 6.45) is 7.28. The van der Waals surface area contributed by atoms with E-state index in [1.54, 1.807) is 17.5 Å². The van der Waals surface area contributed by atoms with Gasteiger partial charge in [0.2, 0.25) is 0 Å². The minimum Gasteiger partial charge on any atom is -0.293 e. The second-order valence-electron chi connectivity index (χ2n) is 5.42. The third-order valence-corrected chi connectivity index (χ3v) is 5.52. The zero-order chi connectivity index (χ0) is 12.8. The lowest BCUT2D eigenvalue weighted by Gasteiger charge is -2.07. The lowest BCUT2D eigenvalue weighted by atomic mass is 9.99. The summed E-state index contributed by atoms with van der Waals surface area (Å²) in [6.45, 7) is 0. The van der Waals surface area contributed by atoms with Gasteiger partial charge in [-0.15, -0.1) is 11.3 Å². The van der Waals surface area contributed by atoms with Crippen molar-refractivity contribution >= 4 is 17.1 Å². The molecule has 2 aliphatic rings. The number of rotatable bonds is 2. The molecule has 96 valence electrons. The number of aromatic nitrogens is 1. The van der Waals surface area contributed by atoms with Gasteiger partial charge in [0.15, 0.2) is 5.78 Å². The van der Waals surface area contributed by atoms with Crippen LogP contribution in [0.5, 0.6) is 0 Å². The van der Waals surface area contributed by atoms with Crippen LogP contribution in [0.4, 0.5) is 0 Å². The Labute approximate surface area is 116 Å². The molecule has 0 saturated heterocycles. The van der Waals surface area contributed by atoms with Crippen LogP contribution in [0.3, 0.4) is 0 Å². The van der Waals surface area contributed by atoms with Gasteiger partial charge in [-0.2, -0.15) is 0 Å². The second-order valence-corrected chi connectivity index (χ2v) is 6.55. The molecule has 0 bridgehead atoms. The maximum atomic E-state index is 12.7. The van der Waals surface area contributed by atoms with Gasteiger partial charge < -0.3 is 0 Å². The summed E-state index contributed by atoms with van der Waals surface area (Å²) in [4.78, 5) is 19.5. The first-order valence-corrected chi connectivity index (χ1v) is 7.74. The molecule has 2 aromatic heterocycles. The van der Waals surface area contributed by atoms with Gasteiger partial charge in [-0.25, -0.2) is 0 Å². The predicted octanol–water partition coefficient (Wildman–Crippen LogP) is 3.54. The van der Waals surface area contributed by atoms with Gasteiger partial charge in [0.25, 0.3) is 0 Å². The number of pyridine rings is 1. The average Bonchev–Trinajstić information content (AvgIpc) is 3.11. The van der Waals surface area contributed by atoms with Gasteiger partial charge in [-0.1, -0.05) is 6.07 Å². The van der Waals surface area contributed by atoms with Crippen LogP contribution in [0.1, 0.15) is 50.1 Å². The zero-order valence-electron chi connectivity index (χ0n) is 10.7. The first-order chi connectivity index (χ1) is 9.33. The van der Waals surface area contributed by atoms with Crippen molar-refractivity contribution in [2.75, 3.05) is 0 Å². The van der Waals surface area contributed by atoms with E-state index in [1.165, 1.54) is 22.4 Å². The molecule has 19 heavy (non-hydrogen) atoms.